The van der Waals surface area contributed by atoms with E-state index in [1.807, 2.05) is 38.4 Å². The fraction of sp³-hybridized carbons (Fsp3) is 0.250. The number of nitrogens with zero attached hydrogens (tertiary/aromatic N) is 2. The minimum Gasteiger partial charge on any atom is -0.398 e. The Balaban J connectivity index is 2.11. The molecule has 3 N–H and O–H groups in total. The smallest absolute Gasteiger partial charge is 0.0815 e. The number of benzene rings is 1. The van der Waals surface area contributed by atoms with Crippen LogP contribution in [-0.4, -0.2) is 9.78 Å². The molecule has 1 aromatic carbocycles. The highest BCUT2D eigenvalue weighted by molar-refractivity contribution is 6.33. The third-order valence-electron chi connectivity index (χ3n) is 2.57. The number of nitrogens with one attached hydrogen (secondary N) is 1. The van der Waals surface area contributed by atoms with Crippen LogP contribution in [0.2, 0.25) is 5.02 Å². The van der Waals surface area contributed by atoms with E-state index in [0.717, 1.165) is 16.9 Å². The molecule has 0 bridgehead atoms. The van der Waals surface area contributed by atoms with Crippen LogP contribution in [0.15, 0.2) is 24.4 Å². The summed E-state index contributed by atoms with van der Waals surface area (Å²) in [5.74, 6) is 0. The lowest BCUT2D eigenvalue weighted by atomic mass is 10.2. The van der Waals surface area contributed by atoms with Crippen molar-refractivity contribution >= 4 is 23.0 Å². The van der Waals surface area contributed by atoms with Gasteiger partial charge in [-0.2, -0.15) is 5.10 Å². The molecular formula is C12H15ClN4. The van der Waals surface area contributed by atoms with Crippen molar-refractivity contribution in [2.45, 2.75) is 13.5 Å². The van der Waals surface area contributed by atoms with E-state index in [1.165, 1.54) is 0 Å². The van der Waals surface area contributed by atoms with Crippen molar-refractivity contribution < 1.29 is 0 Å². The lowest BCUT2D eigenvalue weighted by Crippen LogP contribution is -2.03. The molecule has 0 radical (unpaired) electrons. The van der Waals surface area contributed by atoms with Gasteiger partial charge in [-0.3, -0.25) is 4.68 Å². The molecule has 0 amide bonds. The molecule has 1 aromatic heterocycles. The normalized spacial score (nSPS) is 10.5. The third-order valence-corrected chi connectivity index (χ3v) is 2.90. The first-order valence-electron chi connectivity index (χ1n) is 5.34. The Bertz CT molecular complexity index is 533. The zero-order chi connectivity index (χ0) is 12.4. The third kappa shape index (κ3) is 2.71. The van der Waals surface area contributed by atoms with Crippen LogP contribution in [0.25, 0.3) is 0 Å². The van der Waals surface area contributed by atoms with Crippen LogP contribution < -0.4 is 11.1 Å². The molecule has 0 fully saturated rings. The number of nitrogen functional groups attached to an aromatic ring is 1. The number of hydrogen-bond donors (Lipinski definition) is 2. The largest absolute Gasteiger partial charge is 0.398 e. The van der Waals surface area contributed by atoms with Crippen LogP contribution in [0.4, 0.5) is 11.4 Å². The van der Waals surface area contributed by atoms with E-state index in [4.69, 9.17) is 17.3 Å². The topological polar surface area (TPSA) is 55.9 Å². The van der Waals surface area contributed by atoms with Gasteiger partial charge in [-0.05, 0) is 30.7 Å². The molecule has 0 atom stereocenters. The minimum absolute atomic E-state index is 0.569. The Morgan fingerprint density at radius 1 is 1.47 bits per heavy atom. The van der Waals surface area contributed by atoms with E-state index in [0.29, 0.717) is 17.3 Å². The van der Waals surface area contributed by atoms with Crippen molar-refractivity contribution in [3.05, 3.63) is 40.7 Å². The van der Waals surface area contributed by atoms with E-state index in [1.54, 1.807) is 4.68 Å². The van der Waals surface area contributed by atoms with E-state index < -0.39 is 0 Å². The number of hydrogen-bond acceptors (Lipinski definition) is 3. The molecule has 4 nitrogen and oxygen atoms in total. The van der Waals surface area contributed by atoms with Gasteiger partial charge >= 0.3 is 0 Å². The van der Waals surface area contributed by atoms with Gasteiger partial charge in [-0.25, -0.2) is 0 Å². The monoisotopic (exact) mass is 250 g/mol. The molecule has 1 heterocycles. The Labute approximate surface area is 105 Å². The van der Waals surface area contributed by atoms with Gasteiger partial charge in [0.1, 0.15) is 0 Å². The van der Waals surface area contributed by atoms with Gasteiger partial charge in [-0.1, -0.05) is 11.6 Å². The maximum Gasteiger partial charge on any atom is 0.0815 e. The second-order valence-electron chi connectivity index (χ2n) is 4.02. The highest BCUT2D eigenvalue weighted by atomic mass is 35.5. The Kier molecular flexibility index (Phi) is 3.24. The van der Waals surface area contributed by atoms with E-state index in [-0.39, 0.29) is 0 Å². The Morgan fingerprint density at radius 2 is 2.24 bits per heavy atom. The Morgan fingerprint density at radius 3 is 2.88 bits per heavy atom. The van der Waals surface area contributed by atoms with Gasteiger partial charge in [0, 0.05) is 18.9 Å². The van der Waals surface area contributed by atoms with Gasteiger partial charge in [0.15, 0.2) is 0 Å². The van der Waals surface area contributed by atoms with Crippen LogP contribution >= 0.6 is 11.6 Å². The summed E-state index contributed by atoms with van der Waals surface area (Å²) in [6, 6.07) is 5.68. The first kappa shape index (κ1) is 11.8. The summed E-state index contributed by atoms with van der Waals surface area (Å²) >= 11 is 5.99. The molecule has 0 saturated carbocycles. The van der Waals surface area contributed by atoms with E-state index in [2.05, 4.69) is 10.4 Å². The number of anilines is 2. The highest BCUT2D eigenvalue weighted by Gasteiger charge is 2.04. The summed E-state index contributed by atoms with van der Waals surface area (Å²) in [4.78, 5) is 0. The highest BCUT2D eigenvalue weighted by Crippen LogP contribution is 2.26. The average molecular weight is 251 g/mol. The van der Waals surface area contributed by atoms with Crippen LogP contribution in [-0.2, 0) is 13.6 Å². The molecule has 0 saturated heterocycles. The summed E-state index contributed by atoms with van der Waals surface area (Å²) in [6.07, 6.45) is 1.92. The molecular weight excluding hydrogens is 236 g/mol. The maximum absolute atomic E-state index is 5.99. The van der Waals surface area contributed by atoms with E-state index in [9.17, 15) is 0 Å². The molecule has 0 aliphatic rings. The van der Waals surface area contributed by atoms with Crippen LogP contribution in [0.5, 0.6) is 0 Å². The summed E-state index contributed by atoms with van der Waals surface area (Å²) in [6.45, 7) is 2.66. The van der Waals surface area contributed by atoms with Gasteiger partial charge in [0.25, 0.3) is 0 Å². The maximum atomic E-state index is 5.99. The number of nitrogens with two attached hydrogens (primary N) is 1. The lowest BCUT2D eigenvalue weighted by molar-refractivity contribution is 0.747. The number of rotatable bonds is 3. The Hall–Kier alpha value is -1.68. The van der Waals surface area contributed by atoms with Crippen molar-refractivity contribution in [3.8, 4) is 0 Å². The molecule has 0 aliphatic heterocycles. The summed E-state index contributed by atoms with van der Waals surface area (Å²) in [5.41, 5.74) is 9.37. The van der Waals surface area contributed by atoms with Crippen LogP contribution in [0.1, 0.15) is 11.3 Å². The fourth-order valence-electron chi connectivity index (χ4n) is 1.64. The molecule has 2 aromatic rings. The summed E-state index contributed by atoms with van der Waals surface area (Å²) in [7, 11) is 1.90. The standard InChI is InChI=1S/C12H15ClN4/c1-8-5-11(14)10(13)6-12(8)15-7-9-3-4-17(2)16-9/h3-6,15H,7,14H2,1-2H3. The fourth-order valence-corrected chi connectivity index (χ4v) is 1.80. The zero-order valence-corrected chi connectivity index (χ0v) is 10.6. The summed E-state index contributed by atoms with van der Waals surface area (Å²) in [5, 5.41) is 8.16. The first-order chi connectivity index (χ1) is 8.06. The number of aryl methyl sites for hydroxylation is 2. The van der Waals surface area contributed by atoms with Crippen molar-refractivity contribution in [3.63, 3.8) is 0 Å². The number of aromatic nitrogens is 2. The van der Waals surface area contributed by atoms with Crippen molar-refractivity contribution in [2.24, 2.45) is 7.05 Å². The SMILES string of the molecule is Cc1cc(N)c(Cl)cc1NCc1ccn(C)n1. The van der Waals surface area contributed by atoms with Crippen molar-refractivity contribution in [2.75, 3.05) is 11.1 Å². The first-order valence-corrected chi connectivity index (χ1v) is 5.72. The van der Waals surface area contributed by atoms with Crippen LogP contribution in [0, 0.1) is 6.92 Å². The molecule has 90 valence electrons. The molecule has 0 spiro atoms. The van der Waals surface area contributed by atoms with Gasteiger partial charge in [0.05, 0.1) is 22.9 Å². The predicted molar refractivity (Wildman–Crippen MR) is 71.1 cm³/mol. The quantitative estimate of drug-likeness (QED) is 0.824. The molecule has 5 heteroatoms. The predicted octanol–water partition coefficient (Wildman–Crippen LogP) is 2.58. The van der Waals surface area contributed by atoms with Gasteiger partial charge < -0.3 is 11.1 Å². The van der Waals surface area contributed by atoms with Crippen LogP contribution in [0.3, 0.4) is 0 Å². The molecule has 0 unspecified atom stereocenters. The minimum atomic E-state index is 0.569. The lowest BCUT2D eigenvalue weighted by Gasteiger charge is -2.10. The second kappa shape index (κ2) is 4.67. The van der Waals surface area contributed by atoms with Gasteiger partial charge in [0.2, 0.25) is 0 Å². The zero-order valence-electron chi connectivity index (χ0n) is 9.87. The number of halogens is 1. The second-order valence-corrected chi connectivity index (χ2v) is 4.43. The molecule has 17 heavy (non-hydrogen) atoms. The molecule has 0 aliphatic carbocycles. The van der Waals surface area contributed by atoms with Crippen molar-refractivity contribution in [1.82, 2.24) is 9.78 Å². The summed E-state index contributed by atoms with van der Waals surface area (Å²) < 4.78 is 1.78. The average Bonchev–Trinajstić information content (AvgIpc) is 2.68. The van der Waals surface area contributed by atoms with Gasteiger partial charge in [-0.15, -0.1) is 0 Å². The molecule has 2 rings (SSSR count). The van der Waals surface area contributed by atoms with E-state index >= 15 is 0 Å². The van der Waals surface area contributed by atoms with Crippen molar-refractivity contribution in [1.29, 1.82) is 0 Å².